The lowest BCUT2D eigenvalue weighted by Gasteiger charge is -2.22. The van der Waals surface area contributed by atoms with Gasteiger partial charge in [-0.25, -0.2) is 4.39 Å². The van der Waals surface area contributed by atoms with Crippen LogP contribution in [-0.2, 0) is 6.54 Å². The van der Waals surface area contributed by atoms with Crippen molar-refractivity contribution in [2.45, 2.75) is 13.5 Å². The molecule has 2 aromatic rings. The molecule has 0 aliphatic rings. The van der Waals surface area contributed by atoms with Crippen molar-refractivity contribution >= 4 is 11.5 Å². The maximum atomic E-state index is 14.4. The van der Waals surface area contributed by atoms with Gasteiger partial charge in [0, 0.05) is 24.8 Å². The lowest BCUT2D eigenvalue weighted by Crippen LogP contribution is -2.21. The number of aryl methyl sites for hydroxylation is 1. The molecule has 0 amide bonds. The largest absolute Gasteiger partial charge is 0.409 e. The third kappa shape index (κ3) is 3.13. The molecule has 0 aliphatic carbocycles. The summed E-state index contributed by atoms with van der Waals surface area (Å²) in [6, 6.07) is 12.8. The van der Waals surface area contributed by atoms with Gasteiger partial charge < -0.3 is 15.8 Å². The number of hydrogen-bond acceptors (Lipinski definition) is 3. The van der Waals surface area contributed by atoms with Crippen molar-refractivity contribution in [1.29, 1.82) is 0 Å². The van der Waals surface area contributed by atoms with Gasteiger partial charge in [-0.1, -0.05) is 35.5 Å². The van der Waals surface area contributed by atoms with E-state index in [1.807, 2.05) is 43.1 Å². The highest BCUT2D eigenvalue weighted by molar-refractivity contribution is 5.97. The Morgan fingerprint density at radius 3 is 2.62 bits per heavy atom. The summed E-state index contributed by atoms with van der Waals surface area (Å²) in [5, 5.41) is 11.5. The van der Waals surface area contributed by atoms with E-state index in [9.17, 15) is 4.39 Å². The van der Waals surface area contributed by atoms with Gasteiger partial charge in [0.25, 0.3) is 0 Å². The van der Waals surface area contributed by atoms with Crippen molar-refractivity contribution in [3.63, 3.8) is 0 Å². The number of nitrogens with zero attached hydrogens (tertiary/aromatic N) is 2. The Morgan fingerprint density at radius 2 is 1.95 bits per heavy atom. The number of anilines is 1. The number of para-hydroxylation sites is 1. The highest BCUT2D eigenvalue weighted by Crippen LogP contribution is 2.22. The smallest absolute Gasteiger partial charge is 0.173 e. The molecule has 0 spiro atoms. The predicted octanol–water partition coefficient (Wildman–Crippen LogP) is 2.87. The van der Waals surface area contributed by atoms with Crippen LogP contribution < -0.4 is 10.6 Å². The quantitative estimate of drug-likeness (QED) is 0.393. The summed E-state index contributed by atoms with van der Waals surface area (Å²) in [5.74, 6) is -0.693. The van der Waals surface area contributed by atoms with E-state index in [1.54, 1.807) is 12.1 Å². The molecule has 5 heteroatoms. The predicted molar refractivity (Wildman–Crippen MR) is 82.2 cm³/mol. The van der Waals surface area contributed by atoms with E-state index in [4.69, 9.17) is 10.9 Å². The maximum absolute atomic E-state index is 14.4. The van der Waals surface area contributed by atoms with Crippen LogP contribution in [0.2, 0.25) is 0 Å². The molecular formula is C16H18FN3O. The fraction of sp³-hybridized carbons (Fsp3) is 0.188. The Labute approximate surface area is 123 Å². The molecule has 0 unspecified atom stereocenters. The fourth-order valence-corrected chi connectivity index (χ4v) is 2.29. The van der Waals surface area contributed by atoms with E-state index < -0.39 is 5.82 Å². The number of benzene rings is 2. The molecule has 0 aliphatic heterocycles. The monoisotopic (exact) mass is 287 g/mol. The lowest BCUT2D eigenvalue weighted by atomic mass is 10.1. The second-order valence-electron chi connectivity index (χ2n) is 4.91. The van der Waals surface area contributed by atoms with E-state index in [0.717, 1.165) is 11.3 Å². The van der Waals surface area contributed by atoms with E-state index in [1.165, 1.54) is 6.07 Å². The van der Waals surface area contributed by atoms with Crippen LogP contribution in [0.3, 0.4) is 0 Å². The van der Waals surface area contributed by atoms with Crippen LogP contribution in [0.25, 0.3) is 0 Å². The van der Waals surface area contributed by atoms with Crippen LogP contribution in [0, 0.1) is 12.7 Å². The van der Waals surface area contributed by atoms with Crippen molar-refractivity contribution in [2.75, 3.05) is 11.9 Å². The van der Waals surface area contributed by atoms with Crippen LogP contribution in [0.5, 0.6) is 0 Å². The molecule has 4 nitrogen and oxygen atoms in total. The van der Waals surface area contributed by atoms with E-state index in [2.05, 4.69) is 5.16 Å². The van der Waals surface area contributed by atoms with Crippen molar-refractivity contribution in [1.82, 2.24) is 0 Å². The first-order chi connectivity index (χ1) is 10.0. The molecule has 21 heavy (non-hydrogen) atoms. The second-order valence-corrected chi connectivity index (χ2v) is 4.91. The summed E-state index contributed by atoms with van der Waals surface area (Å²) in [4.78, 5) is 1.96. The standard InChI is InChI=1S/C16H18FN3O/c1-11-6-3-4-9-14(11)20(2)10-12-7-5-8-13(15(12)17)16(18)19-21/h3-9,21H,10H2,1-2H3,(H2,18,19). The average molecular weight is 287 g/mol. The van der Waals surface area contributed by atoms with Gasteiger partial charge in [0.1, 0.15) is 5.82 Å². The van der Waals surface area contributed by atoms with Crippen LogP contribution in [0.15, 0.2) is 47.6 Å². The van der Waals surface area contributed by atoms with E-state index in [-0.39, 0.29) is 11.4 Å². The molecule has 0 radical (unpaired) electrons. The Morgan fingerprint density at radius 1 is 1.24 bits per heavy atom. The summed E-state index contributed by atoms with van der Waals surface area (Å²) in [6.07, 6.45) is 0. The highest BCUT2D eigenvalue weighted by Gasteiger charge is 2.13. The summed E-state index contributed by atoms with van der Waals surface area (Å²) in [7, 11) is 1.90. The molecule has 0 bridgehead atoms. The van der Waals surface area contributed by atoms with E-state index >= 15 is 0 Å². The molecule has 0 aromatic heterocycles. The minimum atomic E-state index is -0.465. The fourth-order valence-electron chi connectivity index (χ4n) is 2.29. The van der Waals surface area contributed by atoms with Crippen molar-refractivity contribution in [3.05, 3.63) is 65.0 Å². The number of amidine groups is 1. The summed E-state index contributed by atoms with van der Waals surface area (Å²) in [5.41, 5.74) is 8.22. The van der Waals surface area contributed by atoms with Gasteiger partial charge in [-0.3, -0.25) is 0 Å². The molecule has 2 aromatic carbocycles. The SMILES string of the molecule is Cc1ccccc1N(C)Cc1cccc(/C(N)=N/O)c1F. The van der Waals surface area contributed by atoms with E-state index in [0.29, 0.717) is 12.1 Å². The van der Waals surface area contributed by atoms with Crippen LogP contribution in [0.1, 0.15) is 16.7 Å². The number of rotatable bonds is 4. The summed E-state index contributed by atoms with van der Waals surface area (Å²) in [6.45, 7) is 2.40. The minimum Gasteiger partial charge on any atom is -0.409 e. The molecule has 0 heterocycles. The molecule has 110 valence electrons. The molecule has 2 rings (SSSR count). The molecule has 0 fully saturated rings. The van der Waals surface area contributed by atoms with Gasteiger partial charge in [-0.15, -0.1) is 0 Å². The Bertz CT molecular complexity index is 670. The van der Waals surface area contributed by atoms with Gasteiger partial charge in [0.2, 0.25) is 0 Å². The summed E-state index contributed by atoms with van der Waals surface area (Å²) >= 11 is 0. The third-order valence-electron chi connectivity index (χ3n) is 3.40. The minimum absolute atomic E-state index is 0.105. The highest BCUT2D eigenvalue weighted by atomic mass is 19.1. The summed E-state index contributed by atoms with van der Waals surface area (Å²) < 4.78 is 14.4. The number of halogens is 1. The average Bonchev–Trinajstić information content (AvgIpc) is 2.49. The first-order valence-corrected chi connectivity index (χ1v) is 6.56. The van der Waals surface area contributed by atoms with Crippen molar-refractivity contribution < 1.29 is 9.60 Å². The van der Waals surface area contributed by atoms with Crippen LogP contribution in [0.4, 0.5) is 10.1 Å². The van der Waals surface area contributed by atoms with Gasteiger partial charge in [-0.2, -0.15) is 0 Å². The first kappa shape index (κ1) is 14.8. The normalized spacial score (nSPS) is 11.5. The maximum Gasteiger partial charge on any atom is 0.173 e. The van der Waals surface area contributed by atoms with Crippen LogP contribution >= 0.6 is 0 Å². The molecule has 0 saturated carbocycles. The second kappa shape index (κ2) is 6.26. The molecular weight excluding hydrogens is 269 g/mol. The zero-order valence-corrected chi connectivity index (χ0v) is 12.0. The molecule has 3 N–H and O–H groups in total. The van der Waals surface area contributed by atoms with Gasteiger partial charge in [-0.05, 0) is 24.6 Å². The van der Waals surface area contributed by atoms with Crippen molar-refractivity contribution in [2.24, 2.45) is 10.9 Å². The third-order valence-corrected chi connectivity index (χ3v) is 3.40. The Kier molecular flexibility index (Phi) is 4.42. The van der Waals surface area contributed by atoms with Crippen LogP contribution in [-0.4, -0.2) is 18.1 Å². The number of hydrogen-bond donors (Lipinski definition) is 2. The molecule has 0 saturated heterocycles. The molecule has 0 atom stereocenters. The topological polar surface area (TPSA) is 61.8 Å². The number of nitrogens with two attached hydrogens (primary N) is 1. The Balaban J connectivity index is 2.30. The van der Waals surface area contributed by atoms with Crippen molar-refractivity contribution in [3.8, 4) is 0 Å². The zero-order chi connectivity index (χ0) is 15.4. The Hall–Kier alpha value is -2.56. The lowest BCUT2D eigenvalue weighted by molar-refractivity contribution is 0.318. The zero-order valence-electron chi connectivity index (χ0n) is 12.0. The van der Waals surface area contributed by atoms with Gasteiger partial charge >= 0.3 is 0 Å². The first-order valence-electron chi connectivity index (χ1n) is 6.56. The number of oxime groups is 1. The van der Waals surface area contributed by atoms with Gasteiger partial charge in [0.05, 0.1) is 5.56 Å². The van der Waals surface area contributed by atoms with Gasteiger partial charge in [0.15, 0.2) is 5.84 Å².